The Bertz CT molecular complexity index is 566. The lowest BCUT2D eigenvalue weighted by Gasteiger charge is -2.06. The maximum absolute atomic E-state index is 13.7. The smallest absolute Gasteiger partial charge is 0.309 e. The highest BCUT2D eigenvalue weighted by Crippen LogP contribution is 2.15. The zero-order valence-corrected chi connectivity index (χ0v) is 9.09. The first kappa shape index (κ1) is 11.3. The Morgan fingerprint density at radius 3 is 2.94 bits per heavy atom. The van der Waals surface area contributed by atoms with Crippen LogP contribution >= 0.6 is 0 Å². The van der Waals surface area contributed by atoms with E-state index >= 15 is 0 Å². The molecule has 5 nitrogen and oxygen atoms in total. The number of benzene rings is 1. The summed E-state index contributed by atoms with van der Waals surface area (Å²) in [5.41, 5.74) is 1.32. The zero-order chi connectivity index (χ0) is 12.4. The highest BCUT2D eigenvalue weighted by atomic mass is 19.1. The van der Waals surface area contributed by atoms with Crippen LogP contribution in [0.1, 0.15) is 11.3 Å². The fourth-order valence-electron chi connectivity index (χ4n) is 1.52. The van der Waals surface area contributed by atoms with Gasteiger partial charge in [-0.2, -0.15) is 0 Å². The van der Waals surface area contributed by atoms with E-state index in [1.807, 2.05) is 0 Å². The Morgan fingerprint density at radius 2 is 2.29 bits per heavy atom. The predicted molar refractivity (Wildman–Crippen MR) is 57.4 cm³/mol. The van der Waals surface area contributed by atoms with Crippen LogP contribution in [0.5, 0.6) is 0 Å². The van der Waals surface area contributed by atoms with Crippen LogP contribution in [0.4, 0.5) is 4.39 Å². The largest absolute Gasteiger partial charge is 0.481 e. The van der Waals surface area contributed by atoms with Crippen molar-refractivity contribution in [1.29, 1.82) is 0 Å². The second-order valence-corrected chi connectivity index (χ2v) is 3.66. The molecule has 1 aromatic carbocycles. The monoisotopic (exact) mass is 235 g/mol. The molecule has 0 aliphatic heterocycles. The van der Waals surface area contributed by atoms with Gasteiger partial charge in [0.05, 0.1) is 18.3 Å². The Kier molecular flexibility index (Phi) is 2.86. The van der Waals surface area contributed by atoms with Crippen molar-refractivity contribution in [1.82, 2.24) is 15.0 Å². The molecule has 0 radical (unpaired) electrons. The van der Waals surface area contributed by atoms with Crippen molar-refractivity contribution < 1.29 is 14.3 Å². The van der Waals surface area contributed by atoms with Gasteiger partial charge in [0.15, 0.2) is 0 Å². The van der Waals surface area contributed by atoms with Gasteiger partial charge in [0.1, 0.15) is 11.5 Å². The lowest BCUT2D eigenvalue weighted by molar-refractivity contribution is -0.136. The molecule has 0 aliphatic rings. The number of aliphatic carboxylic acids is 1. The van der Waals surface area contributed by atoms with Crippen LogP contribution in [0.25, 0.3) is 5.69 Å². The molecule has 1 N–H and O–H groups in total. The van der Waals surface area contributed by atoms with Crippen LogP contribution in [0.3, 0.4) is 0 Å². The van der Waals surface area contributed by atoms with Crippen LogP contribution in [-0.2, 0) is 11.2 Å². The van der Waals surface area contributed by atoms with Crippen molar-refractivity contribution in [3.05, 3.63) is 41.5 Å². The molecule has 1 aromatic heterocycles. The van der Waals surface area contributed by atoms with E-state index in [1.165, 1.54) is 16.9 Å². The summed E-state index contributed by atoms with van der Waals surface area (Å²) >= 11 is 0. The van der Waals surface area contributed by atoms with Crippen molar-refractivity contribution in [3.8, 4) is 5.69 Å². The minimum atomic E-state index is -1.01. The molecule has 2 aromatic rings. The molecular weight excluding hydrogens is 225 g/mol. The number of hydrogen-bond acceptors (Lipinski definition) is 3. The van der Waals surface area contributed by atoms with E-state index in [4.69, 9.17) is 5.11 Å². The molecule has 0 saturated carbocycles. The maximum atomic E-state index is 13.7. The average molecular weight is 235 g/mol. The first-order valence-electron chi connectivity index (χ1n) is 4.96. The summed E-state index contributed by atoms with van der Waals surface area (Å²) < 4.78 is 14.9. The standard InChI is InChI=1S/C11H10FN3O2/c1-7-2-3-10(9(12)4-7)15-8(5-11(16)17)6-13-14-15/h2-4,6H,5H2,1H3,(H,16,17). The van der Waals surface area contributed by atoms with Crippen LogP contribution in [0, 0.1) is 12.7 Å². The predicted octanol–water partition coefficient (Wildman–Crippen LogP) is 1.34. The Morgan fingerprint density at radius 1 is 1.53 bits per heavy atom. The first-order valence-corrected chi connectivity index (χ1v) is 4.96. The molecule has 1 heterocycles. The van der Waals surface area contributed by atoms with Gasteiger partial charge in [-0.15, -0.1) is 5.10 Å². The minimum Gasteiger partial charge on any atom is -0.481 e. The normalized spacial score (nSPS) is 10.5. The van der Waals surface area contributed by atoms with Crippen molar-refractivity contribution >= 4 is 5.97 Å². The summed E-state index contributed by atoms with van der Waals surface area (Å²) in [6, 6.07) is 4.64. The van der Waals surface area contributed by atoms with Crippen molar-refractivity contribution in [2.24, 2.45) is 0 Å². The zero-order valence-electron chi connectivity index (χ0n) is 9.09. The average Bonchev–Trinajstić information content (AvgIpc) is 2.65. The van der Waals surface area contributed by atoms with E-state index in [9.17, 15) is 9.18 Å². The van der Waals surface area contributed by atoms with Crippen LogP contribution < -0.4 is 0 Å². The third-order valence-corrected chi connectivity index (χ3v) is 2.28. The molecule has 0 fully saturated rings. The number of carbonyl (C=O) groups is 1. The molecule has 0 aliphatic carbocycles. The third-order valence-electron chi connectivity index (χ3n) is 2.28. The summed E-state index contributed by atoms with van der Waals surface area (Å²) in [7, 11) is 0. The summed E-state index contributed by atoms with van der Waals surface area (Å²) in [6.45, 7) is 1.77. The van der Waals surface area contributed by atoms with Gasteiger partial charge in [0.25, 0.3) is 0 Å². The molecule has 2 rings (SSSR count). The van der Waals surface area contributed by atoms with Gasteiger partial charge in [-0.3, -0.25) is 4.79 Å². The molecule has 17 heavy (non-hydrogen) atoms. The third kappa shape index (κ3) is 2.30. The SMILES string of the molecule is Cc1ccc(-n2nncc2CC(=O)O)c(F)c1. The Balaban J connectivity index is 2.46. The summed E-state index contributed by atoms with van der Waals surface area (Å²) in [4.78, 5) is 10.6. The van der Waals surface area contributed by atoms with Crippen LogP contribution in [-0.4, -0.2) is 26.1 Å². The van der Waals surface area contributed by atoms with E-state index in [2.05, 4.69) is 10.3 Å². The molecule has 6 heteroatoms. The van der Waals surface area contributed by atoms with Crippen molar-refractivity contribution in [2.45, 2.75) is 13.3 Å². The second kappa shape index (κ2) is 4.32. The quantitative estimate of drug-likeness (QED) is 0.871. The fourth-order valence-corrected chi connectivity index (χ4v) is 1.52. The highest BCUT2D eigenvalue weighted by Gasteiger charge is 2.13. The summed E-state index contributed by atoms with van der Waals surface area (Å²) in [5, 5.41) is 16.0. The van der Waals surface area contributed by atoms with Gasteiger partial charge in [-0.05, 0) is 24.6 Å². The van der Waals surface area contributed by atoms with E-state index in [1.54, 1.807) is 19.1 Å². The number of hydrogen-bond donors (Lipinski definition) is 1. The van der Waals surface area contributed by atoms with E-state index < -0.39 is 11.8 Å². The molecule has 0 spiro atoms. The molecule has 0 bridgehead atoms. The van der Waals surface area contributed by atoms with Gasteiger partial charge in [-0.1, -0.05) is 11.3 Å². The van der Waals surface area contributed by atoms with Gasteiger partial charge < -0.3 is 5.11 Å². The molecule has 0 amide bonds. The molecule has 0 atom stereocenters. The van der Waals surface area contributed by atoms with E-state index in [0.29, 0.717) is 5.69 Å². The molecule has 88 valence electrons. The van der Waals surface area contributed by atoms with Crippen molar-refractivity contribution in [3.63, 3.8) is 0 Å². The minimum absolute atomic E-state index is 0.198. The first-order chi connectivity index (χ1) is 8.08. The van der Waals surface area contributed by atoms with Gasteiger partial charge >= 0.3 is 5.97 Å². The number of halogens is 1. The number of aromatic nitrogens is 3. The van der Waals surface area contributed by atoms with Crippen molar-refractivity contribution in [2.75, 3.05) is 0 Å². The van der Waals surface area contributed by atoms with E-state index in [0.717, 1.165) is 5.56 Å². The Labute approximate surface area is 96.5 Å². The number of aryl methyl sites for hydroxylation is 1. The maximum Gasteiger partial charge on any atom is 0.309 e. The molecule has 0 unspecified atom stereocenters. The summed E-state index contributed by atoms with van der Waals surface area (Å²) in [5.74, 6) is -1.47. The van der Waals surface area contributed by atoms with Gasteiger partial charge in [-0.25, -0.2) is 9.07 Å². The molecular formula is C11H10FN3O2. The summed E-state index contributed by atoms with van der Waals surface area (Å²) in [6.07, 6.45) is 1.06. The lowest BCUT2D eigenvalue weighted by atomic mass is 10.2. The van der Waals surface area contributed by atoms with Crippen LogP contribution in [0.15, 0.2) is 24.4 Å². The second-order valence-electron chi connectivity index (χ2n) is 3.66. The fraction of sp³-hybridized carbons (Fsp3) is 0.182. The number of nitrogens with zero attached hydrogens (tertiary/aromatic N) is 3. The number of carboxylic acid groups (broad SMARTS) is 1. The molecule has 0 saturated heterocycles. The Hall–Kier alpha value is -2.24. The highest BCUT2D eigenvalue weighted by molar-refractivity contribution is 5.69. The van der Waals surface area contributed by atoms with E-state index in [-0.39, 0.29) is 12.1 Å². The lowest BCUT2D eigenvalue weighted by Crippen LogP contribution is -2.09. The number of carboxylic acids is 1. The number of rotatable bonds is 3. The van der Waals surface area contributed by atoms with Gasteiger partial charge in [0.2, 0.25) is 0 Å². The van der Waals surface area contributed by atoms with Gasteiger partial charge in [0, 0.05) is 0 Å². The topological polar surface area (TPSA) is 68.0 Å². The van der Waals surface area contributed by atoms with Crippen LogP contribution in [0.2, 0.25) is 0 Å².